The summed E-state index contributed by atoms with van der Waals surface area (Å²) in [5, 5.41) is 2.78. The van der Waals surface area contributed by atoms with E-state index in [4.69, 9.17) is 4.74 Å². The molecule has 1 atom stereocenters. The number of rotatable bonds is 2. The van der Waals surface area contributed by atoms with Crippen molar-refractivity contribution in [2.75, 3.05) is 6.54 Å². The highest BCUT2D eigenvalue weighted by atomic mass is 16.5. The van der Waals surface area contributed by atoms with E-state index in [0.717, 1.165) is 24.9 Å². The normalized spacial score (nSPS) is 20.9. The van der Waals surface area contributed by atoms with Gasteiger partial charge in [-0.25, -0.2) is 4.98 Å². The third-order valence-electron chi connectivity index (χ3n) is 2.45. The minimum absolute atomic E-state index is 0.0358. The maximum absolute atomic E-state index is 11.4. The van der Waals surface area contributed by atoms with Crippen LogP contribution in [-0.2, 0) is 4.79 Å². The molecule has 1 aliphatic heterocycles. The first-order valence-corrected chi connectivity index (χ1v) is 5.13. The van der Waals surface area contributed by atoms with Crippen LogP contribution in [0.2, 0.25) is 0 Å². The zero-order valence-corrected chi connectivity index (χ0v) is 8.69. The minimum atomic E-state index is -0.382. The summed E-state index contributed by atoms with van der Waals surface area (Å²) in [4.78, 5) is 15.6. The Hall–Kier alpha value is -1.58. The fourth-order valence-corrected chi connectivity index (χ4v) is 1.59. The molecule has 0 radical (unpaired) electrons. The van der Waals surface area contributed by atoms with Gasteiger partial charge in [0.25, 0.3) is 5.91 Å². The summed E-state index contributed by atoms with van der Waals surface area (Å²) in [6.07, 6.45) is 3.01. The predicted octanol–water partition coefficient (Wildman–Crippen LogP) is 1.05. The first kappa shape index (κ1) is 9.96. The molecule has 1 unspecified atom stereocenters. The van der Waals surface area contributed by atoms with Gasteiger partial charge >= 0.3 is 0 Å². The molecule has 0 aliphatic carbocycles. The number of carbonyl (C=O) groups is 1. The number of piperidine rings is 1. The van der Waals surface area contributed by atoms with Crippen molar-refractivity contribution < 1.29 is 9.53 Å². The summed E-state index contributed by atoms with van der Waals surface area (Å²) < 4.78 is 5.58. The van der Waals surface area contributed by atoms with Crippen molar-refractivity contribution >= 4 is 5.91 Å². The zero-order chi connectivity index (χ0) is 10.7. The van der Waals surface area contributed by atoms with E-state index in [0.29, 0.717) is 5.88 Å². The van der Waals surface area contributed by atoms with Gasteiger partial charge in [-0.15, -0.1) is 0 Å². The highest BCUT2D eigenvalue weighted by molar-refractivity contribution is 5.81. The van der Waals surface area contributed by atoms with E-state index in [1.807, 2.05) is 19.1 Å². The maximum atomic E-state index is 11.4. The van der Waals surface area contributed by atoms with E-state index in [1.165, 1.54) is 0 Å². The second kappa shape index (κ2) is 4.29. The number of nitrogens with one attached hydrogen (secondary N) is 1. The van der Waals surface area contributed by atoms with Crippen LogP contribution in [0.4, 0.5) is 0 Å². The van der Waals surface area contributed by atoms with Gasteiger partial charge < -0.3 is 10.1 Å². The summed E-state index contributed by atoms with van der Waals surface area (Å²) in [6, 6.07) is 3.77. The van der Waals surface area contributed by atoms with Crippen LogP contribution >= 0.6 is 0 Å². The van der Waals surface area contributed by atoms with E-state index in [-0.39, 0.29) is 12.0 Å². The molecule has 4 nitrogen and oxygen atoms in total. The molecule has 1 saturated heterocycles. The smallest absolute Gasteiger partial charge is 0.261 e. The monoisotopic (exact) mass is 206 g/mol. The summed E-state index contributed by atoms with van der Waals surface area (Å²) in [7, 11) is 0. The Balaban J connectivity index is 2.08. The number of nitrogens with zero attached hydrogens (tertiary/aromatic N) is 1. The van der Waals surface area contributed by atoms with Gasteiger partial charge in [-0.05, 0) is 25.8 Å². The van der Waals surface area contributed by atoms with Crippen molar-refractivity contribution in [3.8, 4) is 5.88 Å². The van der Waals surface area contributed by atoms with Crippen LogP contribution in [0.5, 0.6) is 5.88 Å². The van der Waals surface area contributed by atoms with E-state index < -0.39 is 0 Å². The van der Waals surface area contributed by atoms with E-state index in [1.54, 1.807) is 6.20 Å². The van der Waals surface area contributed by atoms with Crippen molar-refractivity contribution in [3.63, 3.8) is 0 Å². The van der Waals surface area contributed by atoms with Gasteiger partial charge in [0, 0.05) is 18.3 Å². The second-order valence-corrected chi connectivity index (χ2v) is 3.67. The van der Waals surface area contributed by atoms with Crippen LogP contribution in [0.3, 0.4) is 0 Å². The van der Waals surface area contributed by atoms with Crippen LogP contribution in [0.15, 0.2) is 18.3 Å². The Morgan fingerprint density at radius 2 is 2.47 bits per heavy atom. The SMILES string of the molecule is Cc1cccnc1OC1CCCNC1=O. The van der Waals surface area contributed by atoms with Gasteiger partial charge in [-0.3, -0.25) is 4.79 Å². The molecule has 1 aromatic rings. The molecule has 0 aromatic carbocycles. The molecule has 0 saturated carbocycles. The number of aryl methyl sites for hydroxylation is 1. The lowest BCUT2D eigenvalue weighted by molar-refractivity contribution is -0.130. The number of pyridine rings is 1. The van der Waals surface area contributed by atoms with Gasteiger partial charge in [0.1, 0.15) is 0 Å². The quantitative estimate of drug-likeness (QED) is 0.786. The molecule has 15 heavy (non-hydrogen) atoms. The lowest BCUT2D eigenvalue weighted by atomic mass is 10.1. The molecule has 80 valence electrons. The number of hydrogen-bond donors (Lipinski definition) is 1. The Bertz CT molecular complexity index is 365. The van der Waals surface area contributed by atoms with Gasteiger partial charge in [0.2, 0.25) is 5.88 Å². The average Bonchev–Trinajstić information content (AvgIpc) is 2.24. The van der Waals surface area contributed by atoms with E-state index >= 15 is 0 Å². The van der Waals surface area contributed by atoms with Crippen molar-refractivity contribution in [1.82, 2.24) is 10.3 Å². The first-order valence-electron chi connectivity index (χ1n) is 5.13. The van der Waals surface area contributed by atoms with Crippen LogP contribution in [0.25, 0.3) is 0 Å². The number of hydrogen-bond acceptors (Lipinski definition) is 3. The number of aromatic nitrogens is 1. The Kier molecular flexibility index (Phi) is 2.85. The third-order valence-corrected chi connectivity index (χ3v) is 2.45. The Morgan fingerprint density at radius 1 is 1.60 bits per heavy atom. The summed E-state index contributed by atoms with van der Waals surface area (Å²) in [5.74, 6) is 0.519. The molecule has 4 heteroatoms. The van der Waals surface area contributed by atoms with E-state index in [2.05, 4.69) is 10.3 Å². The summed E-state index contributed by atoms with van der Waals surface area (Å²) in [6.45, 7) is 2.67. The van der Waals surface area contributed by atoms with E-state index in [9.17, 15) is 4.79 Å². The van der Waals surface area contributed by atoms with Crippen LogP contribution < -0.4 is 10.1 Å². The van der Waals surface area contributed by atoms with Crippen molar-refractivity contribution in [2.24, 2.45) is 0 Å². The van der Waals surface area contributed by atoms with Crippen LogP contribution in [0, 0.1) is 6.92 Å². The fraction of sp³-hybridized carbons (Fsp3) is 0.455. The molecule has 1 N–H and O–H groups in total. The molecule has 1 amide bonds. The fourth-order valence-electron chi connectivity index (χ4n) is 1.59. The lowest BCUT2D eigenvalue weighted by Gasteiger charge is -2.22. The number of amides is 1. The highest BCUT2D eigenvalue weighted by Crippen LogP contribution is 2.17. The molecule has 0 spiro atoms. The number of carbonyl (C=O) groups excluding carboxylic acids is 1. The van der Waals surface area contributed by atoms with Crippen LogP contribution in [0.1, 0.15) is 18.4 Å². The summed E-state index contributed by atoms with van der Waals surface area (Å²) in [5.41, 5.74) is 0.955. The minimum Gasteiger partial charge on any atom is -0.464 e. The standard InChI is InChI=1S/C11H14N2O2/c1-8-4-2-7-13-11(8)15-9-5-3-6-12-10(9)14/h2,4,7,9H,3,5-6H2,1H3,(H,12,14). The predicted molar refractivity (Wildman–Crippen MR) is 55.6 cm³/mol. The Labute approximate surface area is 88.7 Å². The van der Waals surface area contributed by atoms with Gasteiger partial charge in [-0.1, -0.05) is 6.07 Å². The van der Waals surface area contributed by atoms with Crippen molar-refractivity contribution in [1.29, 1.82) is 0 Å². The molecular weight excluding hydrogens is 192 g/mol. The summed E-state index contributed by atoms with van der Waals surface area (Å²) >= 11 is 0. The topological polar surface area (TPSA) is 51.2 Å². The largest absolute Gasteiger partial charge is 0.464 e. The maximum Gasteiger partial charge on any atom is 0.261 e. The average molecular weight is 206 g/mol. The molecule has 1 aromatic heterocycles. The second-order valence-electron chi connectivity index (χ2n) is 3.67. The van der Waals surface area contributed by atoms with Crippen molar-refractivity contribution in [3.05, 3.63) is 23.9 Å². The molecule has 0 bridgehead atoms. The zero-order valence-electron chi connectivity index (χ0n) is 8.69. The van der Waals surface area contributed by atoms with Crippen molar-refractivity contribution in [2.45, 2.75) is 25.9 Å². The lowest BCUT2D eigenvalue weighted by Crippen LogP contribution is -2.43. The Morgan fingerprint density at radius 3 is 3.20 bits per heavy atom. The first-order chi connectivity index (χ1) is 7.27. The molecule has 2 heterocycles. The highest BCUT2D eigenvalue weighted by Gasteiger charge is 2.24. The third kappa shape index (κ3) is 2.26. The van der Waals surface area contributed by atoms with Gasteiger partial charge in [0.05, 0.1) is 0 Å². The van der Waals surface area contributed by atoms with Crippen LogP contribution in [-0.4, -0.2) is 23.5 Å². The molecule has 1 fully saturated rings. The molecule has 2 rings (SSSR count). The van der Waals surface area contributed by atoms with Gasteiger partial charge in [0.15, 0.2) is 6.10 Å². The number of ether oxygens (including phenoxy) is 1. The van der Waals surface area contributed by atoms with Gasteiger partial charge in [-0.2, -0.15) is 0 Å². The molecular formula is C11H14N2O2. The molecule has 1 aliphatic rings.